The molecular formula is C15H13BrN2O3. The van der Waals surface area contributed by atoms with Crippen molar-refractivity contribution in [2.75, 3.05) is 6.54 Å². The van der Waals surface area contributed by atoms with Crippen molar-refractivity contribution in [3.05, 3.63) is 74.2 Å². The second-order valence-corrected chi connectivity index (χ2v) is 5.27. The summed E-state index contributed by atoms with van der Waals surface area (Å²) in [6.45, 7) is 0.479. The van der Waals surface area contributed by atoms with Gasteiger partial charge in [-0.15, -0.1) is 0 Å². The van der Waals surface area contributed by atoms with Gasteiger partial charge in [-0.1, -0.05) is 30.3 Å². The number of nitro groups is 1. The highest BCUT2D eigenvalue weighted by Crippen LogP contribution is 2.25. The van der Waals surface area contributed by atoms with Crippen LogP contribution in [-0.2, 0) is 6.42 Å². The van der Waals surface area contributed by atoms with E-state index in [1.165, 1.54) is 12.1 Å². The molecular weight excluding hydrogens is 336 g/mol. The number of benzene rings is 2. The van der Waals surface area contributed by atoms with E-state index >= 15 is 0 Å². The van der Waals surface area contributed by atoms with Crippen LogP contribution < -0.4 is 5.32 Å². The zero-order chi connectivity index (χ0) is 15.2. The molecule has 0 bridgehead atoms. The van der Waals surface area contributed by atoms with Crippen molar-refractivity contribution < 1.29 is 9.72 Å². The van der Waals surface area contributed by atoms with Crippen LogP contribution in [0.4, 0.5) is 5.69 Å². The fourth-order valence-corrected chi connectivity index (χ4v) is 2.25. The minimum absolute atomic E-state index is 0.120. The predicted octanol–water partition coefficient (Wildman–Crippen LogP) is 3.33. The van der Waals surface area contributed by atoms with Crippen LogP contribution in [0.15, 0.2) is 53.0 Å². The lowest BCUT2D eigenvalue weighted by atomic mass is 10.1. The molecule has 21 heavy (non-hydrogen) atoms. The zero-order valence-corrected chi connectivity index (χ0v) is 12.7. The molecule has 0 spiro atoms. The highest BCUT2D eigenvalue weighted by atomic mass is 79.9. The number of halogens is 1. The summed E-state index contributed by atoms with van der Waals surface area (Å²) in [5, 5.41) is 13.6. The molecule has 0 saturated heterocycles. The predicted molar refractivity (Wildman–Crippen MR) is 83.3 cm³/mol. The molecule has 0 atom stereocenters. The summed E-state index contributed by atoms with van der Waals surface area (Å²) >= 11 is 3.09. The van der Waals surface area contributed by atoms with Gasteiger partial charge < -0.3 is 5.32 Å². The summed E-state index contributed by atoms with van der Waals surface area (Å²) in [4.78, 5) is 22.3. The van der Waals surface area contributed by atoms with E-state index < -0.39 is 4.92 Å². The van der Waals surface area contributed by atoms with E-state index in [-0.39, 0.29) is 17.2 Å². The first-order chi connectivity index (χ1) is 10.1. The lowest BCUT2D eigenvalue weighted by Gasteiger charge is -2.06. The van der Waals surface area contributed by atoms with Crippen LogP contribution in [0.25, 0.3) is 0 Å². The van der Waals surface area contributed by atoms with E-state index in [2.05, 4.69) is 21.2 Å². The maximum absolute atomic E-state index is 12.0. The minimum Gasteiger partial charge on any atom is -0.352 e. The largest absolute Gasteiger partial charge is 0.352 e. The number of nitrogens with zero attached hydrogens (tertiary/aromatic N) is 1. The fraction of sp³-hybridized carbons (Fsp3) is 0.133. The second kappa shape index (κ2) is 6.99. The van der Waals surface area contributed by atoms with Crippen LogP contribution in [-0.4, -0.2) is 17.4 Å². The molecule has 0 unspecified atom stereocenters. The van der Waals surface area contributed by atoms with Gasteiger partial charge in [0.25, 0.3) is 11.6 Å². The number of hydrogen-bond donors (Lipinski definition) is 1. The Bertz CT molecular complexity index is 659. The number of hydrogen-bond acceptors (Lipinski definition) is 3. The van der Waals surface area contributed by atoms with Gasteiger partial charge in [-0.05, 0) is 40.0 Å². The molecule has 2 aromatic rings. The molecule has 5 nitrogen and oxygen atoms in total. The van der Waals surface area contributed by atoms with Crippen molar-refractivity contribution in [2.24, 2.45) is 0 Å². The Balaban J connectivity index is 1.97. The van der Waals surface area contributed by atoms with Crippen LogP contribution >= 0.6 is 15.9 Å². The SMILES string of the molecule is O=C(NCCc1ccccc1)c1ccc(Br)c([N+](=O)[O-])c1. The average molecular weight is 349 g/mol. The summed E-state index contributed by atoms with van der Waals surface area (Å²) in [6.07, 6.45) is 0.713. The van der Waals surface area contributed by atoms with Crippen LogP contribution in [0.5, 0.6) is 0 Å². The molecule has 0 radical (unpaired) electrons. The average Bonchev–Trinajstić information content (AvgIpc) is 2.48. The Morgan fingerprint density at radius 2 is 1.90 bits per heavy atom. The summed E-state index contributed by atoms with van der Waals surface area (Å²) in [6, 6.07) is 14.1. The summed E-state index contributed by atoms with van der Waals surface area (Å²) < 4.78 is 0.355. The van der Waals surface area contributed by atoms with Gasteiger partial charge in [0.15, 0.2) is 0 Å². The quantitative estimate of drug-likeness (QED) is 0.665. The molecule has 108 valence electrons. The Kier molecular flexibility index (Phi) is 5.05. The summed E-state index contributed by atoms with van der Waals surface area (Å²) in [7, 11) is 0. The maximum Gasteiger partial charge on any atom is 0.284 e. The Hall–Kier alpha value is -2.21. The highest BCUT2D eigenvalue weighted by molar-refractivity contribution is 9.10. The number of nitrogens with one attached hydrogen (secondary N) is 1. The first kappa shape index (κ1) is 15.2. The molecule has 6 heteroatoms. The van der Waals surface area contributed by atoms with Gasteiger partial charge in [0.2, 0.25) is 0 Å². The fourth-order valence-electron chi connectivity index (χ4n) is 1.86. The monoisotopic (exact) mass is 348 g/mol. The number of amides is 1. The third-order valence-electron chi connectivity index (χ3n) is 2.95. The molecule has 2 aromatic carbocycles. The third-order valence-corrected chi connectivity index (χ3v) is 3.62. The van der Waals surface area contributed by atoms with Gasteiger partial charge in [-0.3, -0.25) is 14.9 Å². The molecule has 1 amide bonds. The number of nitro benzene ring substituents is 1. The van der Waals surface area contributed by atoms with Gasteiger partial charge in [0.1, 0.15) is 0 Å². The van der Waals surface area contributed by atoms with E-state index in [0.717, 1.165) is 5.56 Å². The van der Waals surface area contributed by atoms with E-state index in [0.29, 0.717) is 17.4 Å². The van der Waals surface area contributed by atoms with E-state index in [9.17, 15) is 14.9 Å². The first-order valence-corrected chi connectivity index (χ1v) is 7.13. The van der Waals surface area contributed by atoms with Crippen LogP contribution in [0.3, 0.4) is 0 Å². The van der Waals surface area contributed by atoms with E-state index in [1.54, 1.807) is 6.07 Å². The molecule has 0 fully saturated rings. The van der Waals surface area contributed by atoms with E-state index in [1.807, 2.05) is 30.3 Å². The summed E-state index contributed by atoms with van der Waals surface area (Å²) in [5.74, 6) is -0.318. The molecule has 1 N–H and O–H groups in total. The smallest absolute Gasteiger partial charge is 0.284 e. The molecule has 0 aliphatic carbocycles. The number of carbonyl (C=O) groups is 1. The molecule has 0 aliphatic rings. The maximum atomic E-state index is 12.0. The van der Waals surface area contributed by atoms with Crippen molar-refractivity contribution in [3.8, 4) is 0 Å². The van der Waals surface area contributed by atoms with Gasteiger partial charge >= 0.3 is 0 Å². The van der Waals surface area contributed by atoms with Crippen LogP contribution in [0, 0.1) is 10.1 Å². The van der Waals surface area contributed by atoms with Crippen LogP contribution in [0.2, 0.25) is 0 Å². The standard InChI is InChI=1S/C15H13BrN2O3/c16-13-7-6-12(10-14(13)18(20)21)15(19)17-9-8-11-4-2-1-3-5-11/h1-7,10H,8-9H2,(H,17,19). The first-order valence-electron chi connectivity index (χ1n) is 6.34. The molecule has 0 heterocycles. The third kappa shape index (κ3) is 4.13. The topological polar surface area (TPSA) is 72.2 Å². The van der Waals surface area contributed by atoms with Gasteiger partial charge in [-0.2, -0.15) is 0 Å². The van der Waals surface area contributed by atoms with E-state index in [4.69, 9.17) is 0 Å². The Morgan fingerprint density at radius 1 is 1.19 bits per heavy atom. The Labute approximate surface area is 130 Å². The molecule has 2 rings (SSSR count). The van der Waals surface area contributed by atoms with Crippen molar-refractivity contribution in [1.29, 1.82) is 0 Å². The lowest BCUT2D eigenvalue weighted by molar-refractivity contribution is -0.385. The Morgan fingerprint density at radius 3 is 2.57 bits per heavy atom. The minimum atomic E-state index is -0.523. The van der Waals surface area contributed by atoms with Crippen molar-refractivity contribution >= 4 is 27.5 Å². The normalized spacial score (nSPS) is 10.1. The van der Waals surface area contributed by atoms with Gasteiger partial charge in [0, 0.05) is 18.2 Å². The zero-order valence-electron chi connectivity index (χ0n) is 11.1. The molecule has 0 saturated carbocycles. The lowest BCUT2D eigenvalue weighted by Crippen LogP contribution is -2.25. The highest BCUT2D eigenvalue weighted by Gasteiger charge is 2.15. The summed E-state index contributed by atoms with van der Waals surface area (Å²) in [5.41, 5.74) is 1.28. The second-order valence-electron chi connectivity index (χ2n) is 4.41. The van der Waals surface area contributed by atoms with Gasteiger partial charge in [-0.25, -0.2) is 0 Å². The molecule has 0 aliphatic heterocycles. The van der Waals surface area contributed by atoms with Crippen LogP contribution in [0.1, 0.15) is 15.9 Å². The van der Waals surface area contributed by atoms with Crippen molar-refractivity contribution in [3.63, 3.8) is 0 Å². The van der Waals surface area contributed by atoms with Crippen molar-refractivity contribution in [1.82, 2.24) is 5.32 Å². The number of carbonyl (C=O) groups excluding carboxylic acids is 1. The molecule has 0 aromatic heterocycles. The van der Waals surface area contributed by atoms with Crippen molar-refractivity contribution in [2.45, 2.75) is 6.42 Å². The van der Waals surface area contributed by atoms with Gasteiger partial charge in [0.05, 0.1) is 9.40 Å². The number of rotatable bonds is 5.